The Labute approximate surface area is 86.7 Å². The van der Waals surface area contributed by atoms with Gasteiger partial charge in [-0.2, -0.15) is 0 Å². The molecule has 2 unspecified atom stereocenters. The zero-order valence-electron chi connectivity index (χ0n) is 8.96. The smallest absolute Gasteiger partial charge is 0.0577 e. The number of ether oxygens (including phenoxy) is 1. The number of aliphatic hydroxyl groups is 1. The van der Waals surface area contributed by atoms with Gasteiger partial charge >= 0.3 is 0 Å². The summed E-state index contributed by atoms with van der Waals surface area (Å²) in [5.41, 5.74) is 0. The second kappa shape index (κ2) is 6.86. The molecule has 1 heterocycles. The van der Waals surface area contributed by atoms with E-state index in [9.17, 15) is 5.11 Å². The van der Waals surface area contributed by atoms with Gasteiger partial charge in [0.05, 0.1) is 12.2 Å². The van der Waals surface area contributed by atoms with Gasteiger partial charge in [0, 0.05) is 13.0 Å². The lowest BCUT2D eigenvalue weighted by Crippen LogP contribution is -2.12. The molecular formula is C12H20O2. The van der Waals surface area contributed by atoms with E-state index in [2.05, 4.69) is 11.8 Å². The first kappa shape index (κ1) is 11.6. The normalized spacial score (nSPS) is 22.9. The number of hydrogen-bond donors (Lipinski definition) is 1. The second-order valence-electron chi connectivity index (χ2n) is 3.83. The summed E-state index contributed by atoms with van der Waals surface area (Å²) >= 11 is 0. The van der Waals surface area contributed by atoms with Gasteiger partial charge in [0.15, 0.2) is 0 Å². The molecule has 0 aliphatic carbocycles. The Hall–Kier alpha value is -0.520. The Kier molecular flexibility index (Phi) is 5.66. The van der Waals surface area contributed by atoms with Gasteiger partial charge in [0.25, 0.3) is 0 Å². The molecule has 80 valence electrons. The molecule has 1 rings (SSSR count). The minimum Gasteiger partial charge on any atom is -0.393 e. The predicted molar refractivity (Wildman–Crippen MR) is 56.9 cm³/mol. The molecule has 0 amide bonds. The maximum Gasteiger partial charge on any atom is 0.0577 e. The molecule has 0 bridgehead atoms. The molecule has 1 N–H and O–H groups in total. The molecular weight excluding hydrogens is 176 g/mol. The third kappa shape index (κ3) is 4.64. The highest BCUT2D eigenvalue weighted by Crippen LogP contribution is 2.18. The molecule has 2 heteroatoms. The SMILES string of the molecule is CC#CCCC(O)CCC1CCCO1. The minimum atomic E-state index is -0.194. The number of aliphatic hydroxyl groups excluding tert-OH is 1. The Morgan fingerprint density at radius 1 is 1.50 bits per heavy atom. The molecule has 14 heavy (non-hydrogen) atoms. The van der Waals surface area contributed by atoms with Crippen LogP contribution in [0.3, 0.4) is 0 Å². The van der Waals surface area contributed by atoms with Crippen molar-refractivity contribution in [3.8, 4) is 11.8 Å². The quantitative estimate of drug-likeness (QED) is 0.682. The Morgan fingerprint density at radius 2 is 2.36 bits per heavy atom. The van der Waals surface area contributed by atoms with E-state index in [0.717, 1.165) is 32.3 Å². The zero-order chi connectivity index (χ0) is 10.2. The average Bonchev–Trinajstić information content (AvgIpc) is 2.68. The van der Waals surface area contributed by atoms with Crippen molar-refractivity contribution in [2.75, 3.05) is 6.61 Å². The Bertz CT molecular complexity index is 196. The van der Waals surface area contributed by atoms with Gasteiger partial charge < -0.3 is 9.84 Å². The van der Waals surface area contributed by atoms with Gasteiger partial charge in [0.2, 0.25) is 0 Å². The molecule has 0 aromatic rings. The van der Waals surface area contributed by atoms with E-state index >= 15 is 0 Å². The first-order valence-corrected chi connectivity index (χ1v) is 5.52. The molecule has 1 aliphatic rings. The molecule has 2 atom stereocenters. The van der Waals surface area contributed by atoms with E-state index in [4.69, 9.17) is 4.74 Å². The fourth-order valence-corrected chi connectivity index (χ4v) is 1.76. The summed E-state index contributed by atoms with van der Waals surface area (Å²) in [6.45, 7) is 2.74. The van der Waals surface area contributed by atoms with E-state index in [1.165, 1.54) is 12.8 Å². The van der Waals surface area contributed by atoms with Gasteiger partial charge in [-0.25, -0.2) is 0 Å². The molecule has 1 aliphatic heterocycles. The largest absolute Gasteiger partial charge is 0.393 e. The molecule has 0 aromatic carbocycles. The van der Waals surface area contributed by atoms with Crippen molar-refractivity contribution in [1.82, 2.24) is 0 Å². The van der Waals surface area contributed by atoms with Crippen molar-refractivity contribution in [3.63, 3.8) is 0 Å². The summed E-state index contributed by atoms with van der Waals surface area (Å²) < 4.78 is 5.49. The van der Waals surface area contributed by atoms with Crippen molar-refractivity contribution in [2.24, 2.45) is 0 Å². The molecule has 1 fully saturated rings. The van der Waals surface area contributed by atoms with Crippen molar-refractivity contribution >= 4 is 0 Å². The van der Waals surface area contributed by atoms with E-state index in [1.54, 1.807) is 0 Å². The van der Waals surface area contributed by atoms with Crippen LogP contribution >= 0.6 is 0 Å². The molecule has 0 spiro atoms. The number of rotatable bonds is 5. The lowest BCUT2D eigenvalue weighted by molar-refractivity contribution is 0.0794. The third-order valence-corrected chi connectivity index (χ3v) is 2.63. The monoisotopic (exact) mass is 196 g/mol. The van der Waals surface area contributed by atoms with E-state index in [1.807, 2.05) is 6.92 Å². The van der Waals surface area contributed by atoms with Crippen molar-refractivity contribution in [2.45, 2.75) is 57.7 Å². The van der Waals surface area contributed by atoms with Crippen LogP contribution in [0.15, 0.2) is 0 Å². The topological polar surface area (TPSA) is 29.5 Å². The van der Waals surface area contributed by atoms with Gasteiger partial charge in [-0.05, 0) is 39.0 Å². The van der Waals surface area contributed by atoms with E-state index in [-0.39, 0.29) is 6.10 Å². The first-order valence-electron chi connectivity index (χ1n) is 5.52. The summed E-state index contributed by atoms with van der Waals surface area (Å²) in [4.78, 5) is 0. The Balaban J connectivity index is 2.00. The summed E-state index contributed by atoms with van der Waals surface area (Å²) in [6, 6.07) is 0. The van der Waals surface area contributed by atoms with Gasteiger partial charge in [-0.15, -0.1) is 11.8 Å². The molecule has 0 saturated carbocycles. The number of hydrogen-bond acceptors (Lipinski definition) is 2. The second-order valence-corrected chi connectivity index (χ2v) is 3.83. The summed E-state index contributed by atoms with van der Waals surface area (Å²) in [5.74, 6) is 5.80. The van der Waals surface area contributed by atoms with Crippen LogP contribution in [0.25, 0.3) is 0 Å². The highest BCUT2D eigenvalue weighted by Gasteiger charge is 2.16. The fourth-order valence-electron chi connectivity index (χ4n) is 1.76. The minimum absolute atomic E-state index is 0.194. The van der Waals surface area contributed by atoms with Crippen LogP contribution in [-0.2, 0) is 4.74 Å². The van der Waals surface area contributed by atoms with Crippen molar-refractivity contribution < 1.29 is 9.84 Å². The molecule has 2 nitrogen and oxygen atoms in total. The highest BCUT2D eigenvalue weighted by atomic mass is 16.5. The van der Waals surface area contributed by atoms with E-state index < -0.39 is 0 Å². The van der Waals surface area contributed by atoms with Gasteiger partial charge in [-0.1, -0.05) is 0 Å². The first-order chi connectivity index (χ1) is 6.83. The zero-order valence-corrected chi connectivity index (χ0v) is 8.96. The van der Waals surface area contributed by atoms with Crippen LogP contribution in [0, 0.1) is 11.8 Å². The molecule has 0 aromatic heterocycles. The third-order valence-electron chi connectivity index (χ3n) is 2.63. The van der Waals surface area contributed by atoms with Crippen LogP contribution in [0.4, 0.5) is 0 Å². The van der Waals surface area contributed by atoms with Crippen LogP contribution < -0.4 is 0 Å². The van der Waals surface area contributed by atoms with Crippen LogP contribution in [0.1, 0.15) is 45.4 Å². The van der Waals surface area contributed by atoms with Crippen LogP contribution in [-0.4, -0.2) is 23.9 Å². The lowest BCUT2D eigenvalue weighted by Gasteiger charge is -2.12. The maximum atomic E-state index is 9.61. The Morgan fingerprint density at radius 3 is 3.00 bits per heavy atom. The summed E-state index contributed by atoms with van der Waals surface area (Å²) in [5, 5.41) is 9.61. The van der Waals surface area contributed by atoms with Crippen LogP contribution in [0.5, 0.6) is 0 Å². The van der Waals surface area contributed by atoms with Gasteiger partial charge in [0.1, 0.15) is 0 Å². The van der Waals surface area contributed by atoms with E-state index in [0.29, 0.717) is 6.10 Å². The average molecular weight is 196 g/mol. The predicted octanol–water partition coefficient (Wildman–Crippen LogP) is 2.11. The summed E-state index contributed by atoms with van der Waals surface area (Å²) in [6.07, 6.45) is 6.03. The summed E-state index contributed by atoms with van der Waals surface area (Å²) in [7, 11) is 0. The van der Waals surface area contributed by atoms with Crippen molar-refractivity contribution in [3.05, 3.63) is 0 Å². The van der Waals surface area contributed by atoms with Gasteiger partial charge in [-0.3, -0.25) is 0 Å². The maximum absolute atomic E-state index is 9.61. The van der Waals surface area contributed by atoms with Crippen LogP contribution in [0.2, 0.25) is 0 Å². The fraction of sp³-hybridized carbons (Fsp3) is 0.833. The molecule has 0 radical (unpaired) electrons. The van der Waals surface area contributed by atoms with Crippen molar-refractivity contribution in [1.29, 1.82) is 0 Å². The molecule has 1 saturated heterocycles. The lowest BCUT2D eigenvalue weighted by atomic mass is 10.0. The standard InChI is InChI=1S/C12H20O2/c1-2-3-4-6-11(13)8-9-12-7-5-10-14-12/h11-13H,4-10H2,1H3. The highest BCUT2D eigenvalue weighted by molar-refractivity contribution is 4.95.